The number of aromatic amines is 2. The number of amides is 4. The van der Waals surface area contributed by atoms with Crippen LogP contribution in [0.5, 0.6) is 0 Å². The molecule has 0 aliphatic carbocycles. The van der Waals surface area contributed by atoms with Crippen molar-refractivity contribution in [2.45, 2.75) is 72.5 Å². The maximum absolute atomic E-state index is 13.7. The summed E-state index contributed by atoms with van der Waals surface area (Å²) >= 11 is 0. The molecule has 4 N–H and O–H groups in total. The molecule has 292 valence electrons. The lowest BCUT2D eigenvalue weighted by Gasteiger charge is -2.30. The van der Waals surface area contributed by atoms with Gasteiger partial charge in [0, 0.05) is 30.8 Å². The second-order valence-electron chi connectivity index (χ2n) is 15.2. The average molecular weight is 753 g/mol. The van der Waals surface area contributed by atoms with E-state index >= 15 is 0 Å². The maximum atomic E-state index is 13.7. The van der Waals surface area contributed by atoms with Gasteiger partial charge in [0.1, 0.15) is 29.1 Å². The minimum atomic E-state index is -0.712. The van der Waals surface area contributed by atoms with Gasteiger partial charge >= 0.3 is 12.2 Å². The van der Waals surface area contributed by atoms with Crippen LogP contribution >= 0.6 is 0 Å². The van der Waals surface area contributed by atoms with Crippen molar-refractivity contribution >= 4 is 24.0 Å². The Balaban J connectivity index is 1.22. The Hall–Kier alpha value is -5.76. The number of alkyl carbamates (subject to hydrolysis) is 2. The van der Waals surface area contributed by atoms with Gasteiger partial charge in [-0.2, -0.15) is 0 Å². The lowest BCUT2D eigenvalue weighted by atomic mass is 9.94. The lowest BCUT2D eigenvalue weighted by Crippen LogP contribution is -2.51. The Bertz CT molecular complexity index is 1960. The predicted molar refractivity (Wildman–Crippen MR) is 205 cm³/mol. The summed E-state index contributed by atoms with van der Waals surface area (Å²) in [5.74, 6) is 13.9. The first kappa shape index (κ1) is 40.4. The molecule has 0 spiro atoms. The summed E-state index contributed by atoms with van der Waals surface area (Å²) in [4.78, 5) is 70.3. The number of benzene rings is 1. The fraction of sp³-hybridized carbons (Fsp3) is 0.512. The molecule has 14 nitrogen and oxygen atoms in total. The first-order valence-electron chi connectivity index (χ1n) is 18.8. The van der Waals surface area contributed by atoms with Gasteiger partial charge in [-0.1, -0.05) is 53.4 Å². The van der Waals surface area contributed by atoms with Crippen LogP contribution in [0.3, 0.4) is 0 Å². The number of likely N-dealkylation sites (tertiary alicyclic amines) is 2. The van der Waals surface area contributed by atoms with Crippen LogP contribution in [0.15, 0.2) is 36.7 Å². The zero-order chi connectivity index (χ0) is 39.8. The van der Waals surface area contributed by atoms with E-state index in [4.69, 9.17) is 9.47 Å². The molecular formula is C41H52N8O6. The Morgan fingerprint density at radius 3 is 1.65 bits per heavy atom. The summed E-state index contributed by atoms with van der Waals surface area (Å²) in [6.07, 6.45) is 3.68. The maximum Gasteiger partial charge on any atom is 0.407 e. The molecule has 0 saturated carbocycles. The minimum Gasteiger partial charge on any atom is -0.453 e. The Labute approximate surface area is 322 Å². The van der Waals surface area contributed by atoms with Gasteiger partial charge in [-0.3, -0.25) is 9.59 Å². The molecule has 6 atom stereocenters. The van der Waals surface area contributed by atoms with Gasteiger partial charge in [0.15, 0.2) is 0 Å². The number of rotatable bonds is 9. The number of methoxy groups -OCH3 is 2. The monoisotopic (exact) mass is 752 g/mol. The van der Waals surface area contributed by atoms with E-state index < -0.39 is 24.1 Å². The number of imidazole rings is 2. The summed E-state index contributed by atoms with van der Waals surface area (Å²) < 4.78 is 9.44. The van der Waals surface area contributed by atoms with Gasteiger partial charge < -0.3 is 39.9 Å². The fourth-order valence-corrected chi connectivity index (χ4v) is 7.12. The molecule has 1 aromatic carbocycles. The lowest BCUT2D eigenvalue weighted by molar-refractivity contribution is -0.138. The molecule has 2 aromatic heterocycles. The van der Waals surface area contributed by atoms with Gasteiger partial charge in [0.2, 0.25) is 11.8 Å². The highest BCUT2D eigenvalue weighted by Crippen LogP contribution is 2.36. The average Bonchev–Trinajstić information content (AvgIpc) is 3.98. The third-order valence-electron chi connectivity index (χ3n) is 10.1. The number of nitrogens with zero attached hydrogens (tertiary/aromatic N) is 4. The van der Waals surface area contributed by atoms with Crippen molar-refractivity contribution in [3.8, 4) is 23.7 Å². The van der Waals surface area contributed by atoms with Crippen LogP contribution in [-0.2, 0) is 19.1 Å². The van der Waals surface area contributed by atoms with Crippen molar-refractivity contribution in [2.24, 2.45) is 29.6 Å². The third-order valence-corrected chi connectivity index (χ3v) is 10.1. The van der Waals surface area contributed by atoms with Crippen LogP contribution in [-0.4, -0.2) is 93.6 Å². The van der Waals surface area contributed by atoms with E-state index in [0.717, 1.165) is 24.0 Å². The Kier molecular flexibility index (Phi) is 13.3. The number of hydrogen-bond acceptors (Lipinski definition) is 8. The topological polar surface area (TPSA) is 175 Å². The minimum absolute atomic E-state index is 0.0193. The number of hydrogen-bond donors (Lipinski definition) is 4. The number of ether oxygens (including phenoxy) is 2. The van der Waals surface area contributed by atoms with E-state index in [0.29, 0.717) is 42.0 Å². The van der Waals surface area contributed by atoms with Crippen LogP contribution in [0.4, 0.5) is 9.59 Å². The first-order valence-corrected chi connectivity index (χ1v) is 18.8. The molecule has 5 rings (SSSR count). The molecule has 14 heteroatoms. The van der Waals surface area contributed by atoms with Gasteiger partial charge in [-0.15, -0.1) is 0 Å². The van der Waals surface area contributed by atoms with Crippen molar-refractivity contribution < 1.29 is 28.7 Å². The molecular weight excluding hydrogens is 701 g/mol. The Morgan fingerprint density at radius 1 is 0.745 bits per heavy atom. The summed E-state index contributed by atoms with van der Waals surface area (Å²) in [7, 11) is 2.58. The normalized spacial score (nSPS) is 20.3. The molecule has 2 aliphatic rings. The van der Waals surface area contributed by atoms with E-state index in [1.165, 1.54) is 14.2 Å². The van der Waals surface area contributed by atoms with Crippen LogP contribution in [0.2, 0.25) is 0 Å². The molecule has 0 radical (unpaired) electrons. The van der Waals surface area contributed by atoms with Gasteiger partial charge in [0.25, 0.3) is 0 Å². The summed E-state index contributed by atoms with van der Waals surface area (Å²) in [5.41, 5.74) is 2.87. The zero-order valence-corrected chi connectivity index (χ0v) is 32.9. The molecule has 4 heterocycles. The number of nitrogens with one attached hydrogen (secondary N) is 4. The third kappa shape index (κ3) is 10.1. The SMILES string of the molecule is COC(=O)NC[C@H](C(=O)N1CC(C)C[C@H]1c1ncc(C#Cc2ccc(C#Cc3cnc([C@@H]4C[C@H](C)CN4C(=O)[C@@H](NC(=O)OC)C(C)C)[nH]3)cc2)[nH]1)C(C)C. The van der Waals surface area contributed by atoms with Crippen molar-refractivity contribution in [2.75, 3.05) is 33.9 Å². The van der Waals surface area contributed by atoms with E-state index in [1.54, 1.807) is 17.3 Å². The molecule has 2 aliphatic heterocycles. The largest absolute Gasteiger partial charge is 0.453 e. The summed E-state index contributed by atoms with van der Waals surface area (Å²) in [6.45, 7) is 13.3. The van der Waals surface area contributed by atoms with Crippen molar-refractivity contribution in [1.29, 1.82) is 0 Å². The number of carbonyl (C=O) groups is 4. The van der Waals surface area contributed by atoms with Gasteiger partial charge in [0.05, 0.1) is 44.6 Å². The second kappa shape index (κ2) is 18.0. The second-order valence-corrected chi connectivity index (χ2v) is 15.2. The quantitative estimate of drug-likeness (QED) is 0.227. The summed E-state index contributed by atoms with van der Waals surface area (Å²) in [5, 5.41) is 5.36. The van der Waals surface area contributed by atoms with E-state index in [9.17, 15) is 19.2 Å². The van der Waals surface area contributed by atoms with Crippen molar-refractivity contribution in [3.05, 3.63) is 70.8 Å². The highest BCUT2D eigenvalue weighted by atomic mass is 16.5. The molecule has 55 heavy (non-hydrogen) atoms. The van der Waals surface area contributed by atoms with Crippen LogP contribution < -0.4 is 10.6 Å². The van der Waals surface area contributed by atoms with Crippen LogP contribution in [0, 0.1) is 53.3 Å². The number of H-pyrrole nitrogens is 2. The highest BCUT2D eigenvalue weighted by Gasteiger charge is 2.41. The van der Waals surface area contributed by atoms with Crippen LogP contribution in [0.1, 0.15) is 101 Å². The van der Waals surface area contributed by atoms with Crippen LogP contribution in [0.25, 0.3) is 0 Å². The van der Waals surface area contributed by atoms with Gasteiger partial charge in [-0.25, -0.2) is 19.6 Å². The molecule has 1 unspecified atom stereocenters. The smallest absolute Gasteiger partial charge is 0.407 e. The van der Waals surface area contributed by atoms with E-state index in [1.807, 2.05) is 56.9 Å². The molecule has 2 fully saturated rings. The zero-order valence-electron chi connectivity index (χ0n) is 32.9. The predicted octanol–water partition coefficient (Wildman–Crippen LogP) is 4.76. The Morgan fingerprint density at radius 2 is 1.22 bits per heavy atom. The summed E-state index contributed by atoms with van der Waals surface area (Å²) in [6, 6.07) is 6.41. The van der Waals surface area contributed by atoms with Crippen molar-refractivity contribution in [1.82, 2.24) is 40.4 Å². The first-order chi connectivity index (χ1) is 26.3. The van der Waals surface area contributed by atoms with Crippen molar-refractivity contribution in [3.63, 3.8) is 0 Å². The number of aromatic nitrogens is 4. The molecule has 4 amide bonds. The van der Waals surface area contributed by atoms with E-state index in [-0.39, 0.29) is 48.2 Å². The molecule has 2 saturated heterocycles. The molecule has 0 bridgehead atoms. The number of carbonyl (C=O) groups excluding carboxylic acids is 4. The molecule has 3 aromatic rings. The van der Waals surface area contributed by atoms with E-state index in [2.05, 4.69) is 68.1 Å². The standard InChI is InChI=1S/C41H52N8O6/c1-24(2)32(21-44-40(52)54-7)38(50)48-22-26(5)17-33(48)36-42-19-30(45-36)15-13-28-9-11-29(12-10-28)14-16-31-20-43-37(46-31)34-18-27(6)23-49(34)39(51)35(25(3)4)47-41(53)55-8/h9-12,19-20,24-27,32-35H,17-18,21-23H2,1-8H3,(H,42,45)(H,43,46)(H,44,52)(H,47,53)/t26?,27-,32-,33-,34-,35-/m0/s1. The fourth-order valence-electron chi connectivity index (χ4n) is 7.12. The van der Waals surface area contributed by atoms with Gasteiger partial charge in [-0.05, 0) is 72.6 Å². The highest BCUT2D eigenvalue weighted by molar-refractivity contribution is 5.86.